The number of hydrogen-bond acceptors (Lipinski definition) is 7. The summed E-state index contributed by atoms with van der Waals surface area (Å²) in [6.45, 7) is 11.2. The van der Waals surface area contributed by atoms with Crippen molar-refractivity contribution in [3.8, 4) is 5.69 Å². The summed E-state index contributed by atoms with van der Waals surface area (Å²) in [6.07, 6.45) is 1.82. The van der Waals surface area contributed by atoms with Gasteiger partial charge in [-0.2, -0.15) is 0 Å². The van der Waals surface area contributed by atoms with Crippen LogP contribution in [-0.4, -0.2) is 26.6 Å². The number of allylic oxidation sites excluding steroid dienone is 1. The molecule has 0 radical (unpaired) electrons. The number of carbonyl (C=O) groups excluding carboxylic acids is 1. The maximum absolute atomic E-state index is 14.0. The van der Waals surface area contributed by atoms with Crippen LogP contribution in [-0.2, 0) is 9.53 Å². The number of nitro benzene ring substituents is 1. The SMILES string of the molecule is CCOC(=O)C1=C(C)N=c2s/c(=C/c3cc(C)n(-c4ccc(C)c([N+](=O)[O-])c4)c3C)c(=O)n2[C@@H]1c1ccc(C)cc1. The Labute approximate surface area is 240 Å². The van der Waals surface area contributed by atoms with Gasteiger partial charge in [-0.25, -0.2) is 9.79 Å². The first-order valence-corrected chi connectivity index (χ1v) is 14.0. The second-order valence-corrected chi connectivity index (χ2v) is 11.1. The van der Waals surface area contributed by atoms with Crippen molar-refractivity contribution in [2.24, 2.45) is 4.99 Å². The number of rotatable bonds is 6. The van der Waals surface area contributed by atoms with Crippen molar-refractivity contribution >= 4 is 29.1 Å². The van der Waals surface area contributed by atoms with Gasteiger partial charge in [-0.1, -0.05) is 47.2 Å². The highest BCUT2D eigenvalue weighted by atomic mass is 32.1. The molecule has 10 heteroatoms. The molecule has 2 aromatic carbocycles. The molecule has 0 fully saturated rings. The quantitative estimate of drug-likeness (QED) is 0.189. The van der Waals surface area contributed by atoms with Crippen molar-refractivity contribution < 1.29 is 14.5 Å². The smallest absolute Gasteiger partial charge is 0.338 e. The van der Waals surface area contributed by atoms with Crippen LogP contribution in [0.25, 0.3) is 11.8 Å². The fraction of sp³-hybridized carbons (Fsp3) is 0.258. The molecule has 210 valence electrons. The van der Waals surface area contributed by atoms with Crippen LogP contribution in [0, 0.1) is 37.8 Å². The Balaban J connectivity index is 1.68. The minimum Gasteiger partial charge on any atom is -0.463 e. The number of thiazole rings is 1. The number of nitrogens with zero attached hydrogens (tertiary/aromatic N) is 4. The number of nitro groups is 1. The zero-order chi connectivity index (χ0) is 29.6. The van der Waals surface area contributed by atoms with Gasteiger partial charge in [0, 0.05) is 23.0 Å². The second-order valence-electron chi connectivity index (χ2n) is 10.1. The summed E-state index contributed by atoms with van der Waals surface area (Å²) in [6, 6.07) is 14.2. The van der Waals surface area contributed by atoms with Crippen molar-refractivity contribution in [1.82, 2.24) is 9.13 Å². The predicted octanol–water partition coefficient (Wildman–Crippen LogP) is 4.73. The van der Waals surface area contributed by atoms with Crippen LogP contribution in [0.4, 0.5) is 5.69 Å². The van der Waals surface area contributed by atoms with Gasteiger partial charge in [-0.05, 0) is 70.9 Å². The zero-order valence-corrected chi connectivity index (χ0v) is 24.5. The highest BCUT2D eigenvalue weighted by Crippen LogP contribution is 2.31. The Bertz CT molecular complexity index is 1930. The molecule has 3 heterocycles. The van der Waals surface area contributed by atoms with Crippen LogP contribution in [0.15, 0.2) is 69.6 Å². The number of hydrogen-bond donors (Lipinski definition) is 0. The summed E-state index contributed by atoms with van der Waals surface area (Å²) in [7, 11) is 0. The highest BCUT2D eigenvalue weighted by molar-refractivity contribution is 7.07. The molecule has 0 amide bonds. The van der Waals surface area contributed by atoms with Crippen LogP contribution in [0.3, 0.4) is 0 Å². The van der Waals surface area contributed by atoms with Gasteiger partial charge in [0.2, 0.25) is 0 Å². The lowest BCUT2D eigenvalue weighted by Crippen LogP contribution is -2.39. The molecular weight excluding hydrogens is 540 g/mol. The monoisotopic (exact) mass is 570 g/mol. The molecule has 0 bridgehead atoms. The van der Waals surface area contributed by atoms with Gasteiger partial charge in [-0.3, -0.25) is 19.5 Å². The van der Waals surface area contributed by atoms with E-state index < -0.39 is 12.0 Å². The third-order valence-corrected chi connectivity index (χ3v) is 8.30. The molecule has 5 rings (SSSR count). The summed E-state index contributed by atoms with van der Waals surface area (Å²) in [5, 5.41) is 11.5. The number of aromatic nitrogens is 2. The average molecular weight is 571 g/mol. The second kappa shape index (κ2) is 10.8. The molecule has 1 aliphatic rings. The molecule has 0 N–H and O–H groups in total. The van der Waals surface area contributed by atoms with Crippen molar-refractivity contribution in [2.45, 2.75) is 47.6 Å². The highest BCUT2D eigenvalue weighted by Gasteiger charge is 2.33. The molecule has 9 nitrogen and oxygen atoms in total. The predicted molar refractivity (Wildman–Crippen MR) is 158 cm³/mol. The van der Waals surface area contributed by atoms with E-state index in [-0.39, 0.29) is 22.8 Å². The summed E-state index contributed by atoms with van der Waals surface area (Å²) < 4.78 is 9.34. The van der Waals surface area contributed by atoms with Crippen molar-refractivity contribution in [3.63, 3.8) is 0 Å². The minimum absolute atomic E-state index is 0.0498. The lowest BCUT2D eigenvalue weighted by Gasteiger charge is -2.24. The number of benzene rings is 2. The average Bonchev–Trinajstić information content (AvgIpc) is 3.38. The molecular formula is C31H30N4O5S. The van der Waals surface area contributed by atoms with E-state index in [0.717, 1.165) is 28.1 Å². The zero-order valence-electron chi connectivity index (χ0n) is 23.7. The van der Waals surface area contributed by atoms with E-state index in [1.807, 2.05) is 67.8 Å². The van der Waals surface area contributed by atoms with Crippen molar-refractivity contribution in [3.05, 3.63) is 123 Å². The fourth-order valence-electron chi connectivity index (χ4n) is 5.26. The minimum atomic E-state index is -0.673. The molecule has 41 heavy (non-hydrogen) atoms. The van der Waals surface area contributed by atoms with Gasteiger partial charge in [-0.15, -0.1) is 0 Å². The fourth-order valence-corrected chi connectivity index (χ4v) is 6.30. The van der Waals surface area contributed by atoms with Crippen LogP contribution in [0.1, 0.15) is 53.5 Å². The van der Waals surface area contributed by atoms with Gasteiger partial charge in [0.05, 0.1) is 39.1 Å². The van der Waals surface area contributed by atoms with Crippen LogP contribution < -0.4 is 14.9 Å². The largest absolute Gasteiger partial charge is 0.463 e. The van der Waals surface area contributed by atoms with E-state index in [0.29, 0.717) is 31.9 Å². The molecule has 0 aliphatic carbocycles. The topological polar surface area (TPSA) is 109 Å². The third kappa shape index (κ3) is 4.95. The van der Waals surface area contributed by atoms with E-state index >= 15 is 0 Å². The normalized spacial score (nSPS) is 15.1. The maximum Gasteiger partial charge on any atom is 0.338 e. The van der Waals surface area contributed by atoms with E-state index in [9.17, 15) is 19.7 Å². The van der Waals surface area contributed by atoms with Crippen LogP contribution in [0.5, 0.6) is 0 Å². The molecule has 4 aromatic rings. The maximum atomic E-state index is 14.0. The van der Waals surface area contributed by atoms with E-state index in [1.54, 1.807) is 37.5 Å². The molecule has 0 saturated heterocycles. The van der Waals surface area contributed by atoms with Crippen LogP contribution in [0.2, 0.25) is 0 Å². The standard InChI is InChI=1S/C31H30N4O5S/c1-7-40-30(37)27-20(5)32-31-34(28(27)22-11-8-17(2)9-12-22)29(36)26(41-31)15-23-14-19(4)33(21(23)6)24-13-10-18(3)25(16-24)35(38)39/h8-16,28H,7H2,1-6H3/b26-15+/t28-/m1/s1. The third-order valence-electron chi connectivity index (χ3n) is 7.31. The molecule has 0 spiro atoms. The Morgan fingerprint density at radius 2 is 1.80 bits per heavy atom. The van der Waals surface area contributed by atoms with Gasteiger partial charge in [0.1, 0.15) is 0 Å². The Morgan fingerprint density at radius 3 is 2.46 bits per heavy atom. The van der Waals surface area contributed by atoms with Gasteiger partial charge >= 0.3 is 5.97 Å². The Morgan fingerprint density at radius 1 is 1.10 bits per heavy atom. The number of ether oxygens (including phenoxy) is 1. The first kappa shape index (κ1) is 28.0. The lowest BCUT2D eigenvalue weighted by atomic mass is 9.95. The molecule has 2 aromatic heterocycles. The van der Waals surface area contributed by atoms with E-state index in [2.05, 4.69) is 4.99 Å². The van der Waals surface area contributed by atoms with E-state index in [4.69, 9.17) is 4.74 Å². The number of fused-ring (bicyclic) bond motifs is 1. The molecule has 1 atom stereocenters. The van der Waals surface area contributed by atoms with E-state index in [1.165, 1.54) is 11.3 Å². The summed E-state index contributed by atoms with van der Waals surface area (Å²) in [4.78, 5) is 43.3. The van der Waals surface area contributed by atoms with Crippen molar-refractivity contribution in [2.75, 3.05) is 6.61 Å². The molecule has 0 unspecified atom stereocenters. The molecule has 0 saturated carbocycles. The van der Waals surface area contributed by atoms with Crippen LogP contribution >= 0.6 is 11.3 Å². The summed E-state index contributed by atoms with van der Waals surface area (Å²) >= 11 is 1.26. The Kier molecular flexibility index (Phi) is 7.35. The summed E-state index contributed by atoms with van der Waals surface area (Å²) in [5.41, 5.74) is 6.28. The first-order valence-electron chi connectivity index (χ1n) is 13.2. The number of esters is 1. The number of aryl methyl sites for hydroxylation is 3. The first-order chi connectivity index (χ1) is 19.5. The lowest BCUT2D eigenvalue weighted by molar-refractivity contribution is -0.385. The molecule has 1 aliphatic heterocycles. The van der Waals surface area contributed by atoms with Crippen molar-refractivity contribution in [1.29, 1.82) is 0 Å². The van der Waals surface area contributed by atoms with Gasteiger partial charge in [0.25, 0.3) is 11.2 Å². The van der Waals surface area contributed by atoms with Gasteiger partial charge in [0.15, 0.2) is 4.80 Å². The summed E-state index contributed by atoms with van der Waals surface area (Å²) in [5.74, 6) is -0.496. The van der Waals surface area contributed by atoms with Gasteiger partial charge < -0.3 is 9.30 Å². The Hall–Kier alpha value is -4.57. The number of carbonyl (C=O) groups is 1.